The highest BCUT2D eigenvalue weighted by molar-refractivity contribution is 6.05. The molecule has 11 heteroatoms. The minimum Gasteiger partial charge on any atom is -0.491 e. The van der Waals surface area contributed by atoms with Gasteiger partial charge in [0.2, 0.25) is 0 Å². The van der Waals surface area contributed by atoms with Crippen LogP contribution in [0.4, 0.5) is 4.79 Å². The molecule has 1 aromatic carbocycles. The molecule has 2 heterocycles. The van der Waals surface area contributed by atoms with Gasteiger partial charge in [0.1, 0.15) is 11.5 Å². The Morgan fingerprint density at radius 2 is 1.72 bits per heavy atom. The number of ketones is 1. The monoisotopic (exact) mass is 539 g/mol. The highest BCUT2D eigenvalue weighted by Gasteiger charge is 2.32. The number of fused-ring (bicyclic) bond motifs is 1. The summed E-state index contributed by atoms with van der Waals surface area (Å²) < 4.78 is 17.0. The van der Waals surface area contributed by atoms with E-state index < -0.39 is 17.4 Å². The van der Waals surface area contributed by atoms with Crippen LogP contribution >= 0.6 is 0 Å². The van der Waals surface area contributed by atoms with Gasteiger partial charge in [-0.05, 0) is 44.4 Å². The molecule has 2 aromatic rings. The number of amidine groups is 1. The SMILES string of the molecule is CCNC(=O)Oc1c(OCC)cc(C(=O)CN2Cc3cc(OCC)c(C(=O)NC)nc3C2=N)cc1C(C)(C)C. The predicted molar refractivity (Wildman–Crippen MR) is 146 cm³/mol. The smallest absolute Gasteiger partial charge is 0.412 e. The number of hydrogen-bond donors (Lipinski definition) is 3. The molecule has 0 saturated carbocycles. The Bertz CT molecular complexity index is 1280. The van der Waals surface area contributed by atoms with Gasteiger partial charge in [0, 0.05) is 36.8 Å². The average Bonchev–Trinajstić information content (AvgIpc) is 3.17. The Morgan fingerprint density at radius 1 is 1.05 bits per heavy atom. The molecule has 0 unspecified atom stereocenters. The Kier molecular flexibility index (Phi) is 9.15. The van der Waals surface area contributed by atoms with Crippen molar-refractivity contribution in [3.63, 3.8) is 0 Å². The van der Waals surface area contributed by atoms with Gasteiger partial charge in [0.05, 0.1) is 19.8 Å². The number of nitrogens with one attached hydrogen (secondary N) is 3. The molecule has 1 aliphatic rings. The molecule has 0 aliphatic carbocycles. The normalized spacial score (nSPS) is 12.6. The third kappa shape index (κ3) is 6.47. The van der Waals surface area contributed by atoms with Gasteiger partial charge < -0.3 is 29.7 Å². The fourth-order valence-corrected chi connectivity index (χ4v) is 4.20. The zero-order valence-electron chi connectivity index (χ0n) is 23.6. The van der Waals surface area contributed by atoms with E-state index in [1.807, 2.05) is 27.7 Å². The summed E-state index contributed by atoms with van der Waals surface area (Å²) in [6.07, 6.45) is -0.610. The molecule has 0 spiro atoms. The van der Waals surface area contributed by atoms with E-state index in [-0.39, 0.29) is 41.9 Å². The summed E-state index contributed by atoms with van der Waals surface area (Å²) in [4.78, 5) is 44.2. The maximum Gasteiger partial charge on any atom is 0.412 e. The van der Waals surface area contributed by atoms with E-state index >= 15 is 0 Å². The molecule has 0 radical (unpaired) electrons. The van der Waals surface area contributed by atoms with Crippen LogP contribution in [0.2, 0.25) is 0 Å². The van der Waals surface area contributed by atoms with Crippen LogP contribution in [0.5, 0.6) is 17.2 Å². The fraction of sp³-hybridized carbons (Fsp3) is 0.464. The highest BCUT2D eigenvalue weighted by Crippen LogP contribution is 2.40. The van der Waals surface area contributed by atoms with Gasteiger partial charge >= 0.3 is 6.09 Å². The van der Waals surface area contributed by atoms with E-state index in [0.717, 1.165) is 0 Å². The van der Waals surface area contributed by atoms with Gasteiger partial charge in [0.15, 0.2) is 28.7 Å². The highest BCUT2D eigenvalue weighted by atomic mass is 16.6. The van der Waals surface area contributed by atoms with Gasteiger partial charge in [0.25, 0.3) is 5.91 Å². The van der Waals surface area contributed by atoms with Crippen LogP contribution in [0.25, 0.3) is 0 Å². The van der Waals surface area contributed by atoms with Crippen LogP contribution in [-0.2, 0) is 12.0 Å². The molecule has 39 heavy (non-hydrogen) atoms. The third-order valence-electron chi connectivity index (χ3n) is 6.05. The Balaban J connectivity index is 1.95. The van der Waals surface area contributed by atoms with Crippen LogP contribution in [0.15, 0.2) is 18.2 Å². The van der Waals surface area contributed by atoms with Crippen LogP contribution in [0, 0.1) is 5.41 Å². The maximum absolute atomic E-state index is 13.5. The third-order valence-corrected chi connectivity index (χ3v) is 6.05. The summed E-state index contributed by atoms with van der Waals surface area (Å²) in [6.45, 7) is 12.5. The first-order valence-electron chi connectivity index (χ1n) is 13.0. The van der Waals surface area contributed by atoms with Crippen molar-refractivity contribution in [2.75, 3.05) is 33.4 Å². The second kappa shape index (κ2) is 12.1. The summed E-state index contributed by atoms with van der Waals surface area (Å²) in [7, 11) is 1.50. The average molecular weight is 540 g/mol. The number of aromatic nitrogens is 1. The van der Waals surface area contributed by atoms with Crippen molar-refractivity contribution < 1.29 is 28.6 Å². The first-order valence-corrected chi connectivity index (χ1v) is 13.0. The number of carbonyl (C=O) groups is 3. The van der Waals surface area contributed by atoms with E-state index in [9.17, 15) is 14.4 Å². The lowest BCUT2D eigenvalue weighted by Gasteiger charge is -2.25. The number of amides is 2. The van der Waals surface area contributed by atoms with Crippen molar-refractivity contribution in [2.45, 2.75) is 53.5 Å². The van der Waals surface area contributed by atoms with Crippen molar-refractivity contribution in [1.82, 2.24) is 20.5 Å². The Morgan fingerprint density at radius 3 is 2.31 bits per heavy atom. The zero-order chi connectivity index (χ0) is 28.9. The molecule has 0 atom stereocenters. The summed E-state index contributed by atoms with van der Waals surface area (Å²) in [5.41, 5.74) is 1.65. The second-order valence-corrected chi connectivity index (χ2v) is 9.94. The van der Waals surface area contributed by atoms with Gasteiger partial charge in [-0.25, -0.2) is 9.78 Å². The first-order chi connectivity index (χ1) is 18.4. The summed E-state index contributed by atoms with van der Waals surface area (Å²) in [5.74, 6) is 0.260. The Hall–Kier alpha value is -4.15. The number of hydrogen-bond acceptors (Lipinski definition) is 8. The molecule has 210 valence electrons. The van der Waals surface area contributed by atoms with Gasteiger partial charge in [-0.3, -0.25) is 15.0 Å². The lowest BCUT2D eigenvalue weighted by Crippen LogP contribution is -2.31. The van der Waals surface area contributed by atoms with Gasteiger partial charge in [-0.2, -0.15) is 0 Å². The Labute approximate surface area is 228 Å². The van der Waals surface area contributed by atoms with Crippen molar-refractivity contribution in [1.29, 1.82) is 5.41 Å². The van der Waals surface area contributed by atoms with Crippen molar-refractivity contribution in [3.8, 4) is 17.2 Å². The quantitative estimate of drug-likeness (QED) is 0.388. The van der Waals surface area contributed by atoms with Crippen LogP contribution in [-0.4, -0.2) is 66.9 Å². The standard InChI is InChI=1S/C28H37N5O6/c1-8-31-27(36)39-24-18(28(4,5)6)11-16(12-21(24)38-10-3)19(34)15-33-14-17-13-20(37-9-2)23(26(35)30-7)32-22(17)25(33)29/h11-13,29H,8-10,14-15H2,1-7H3,(H,30,35)(H,31,36). The number of carbonyl (C=O) groups excluding carboxylic acids is 3. The fourth-order valence-electron chi connectivity index (χ4n) is 4.20. The molecule has 0 saturated heterocycles. The second-order valence-electron chi connectivity index (χ2n) is 9.94. The van der Waals surface area contributed by atoms with Gasteiger partial charge in [-0.15, -0.1) is 0 Å². The zero-order valence-corrected chi connectivity index (χ0v) is 23.6. The first kappa shape index (κ1) is 29.4. The minimum absolute atomic E-state index is 0.0452. The molecule has 0 bridgehead atoms. The van der Waals surface area contributed by atoms with Gasteiger partial charge in [-0.1, -0.05) is 20.8 Å². The maximum atomic E-state index is 13.5. The molecule has 11 nitrogen and oxygen atoms in total. The largest absolute Gasteiger partial charge is 0.491 e. The lowest BCUT2D eigenvalue weighted by atomic mass is 9.84. The number of nitrogens with zero attached hydrogens (tertiary/aromatic N) is 2. The summed E-state index contributed by atoms with van der Waals surface area (Å²) >= 11 is 0. The van der Waals surface area contributed by atoms with Crippen molar-refractivity contribution in [2.24, 2.45) is 0 Å². The number of ether oxygens (including phenoxy) is 3. The van der Waals surface area contributed by atoms with E-state index in [1.165, 1.54) is 7.05 Å². The molecule has 3 rings (SSSR count). The molecule has 2 amide bonds. The predicted octanol–water partition coefficient (Wildman–Crippen LogP) is 3.67. The van der Waals surface area contributed by atoms with Crippen molar-refractivity contribution >= 4 is 23.6 Å². The van der Waals surface area contributed by atoms with E-state index in [0.29, 0.717) is 47.9 Å². The number of Topliss-reactive ketones (excluding diaryl/α,β-unsaturated/α-hetero) is 1. The summed E-state index contributed by atoms with van der Waals surface area (Å²) in [6, 6.07) is 4.98. The molecular weight excluding hydrogens is 502 g/mol. The van der Waals surface area contributed by atoms with Crippen LogP contribution in [0.3, 0.4) is 0 Å². The van der Waals surface area contributed by atoms with Crippen LogP contribution < -0.4 is 24.8 Å². The molecular formula is C28H37N5O6. The lowest BCUT2D eigenvalue weighted by molar-refractivity contribution is 0.0949. The number of rotatable bonds is 10. The van der Waals surface area contributed by atoms with Crippen LogP contribution in [0.1, 0.15) is 79.2 Å². The summed E-state index contributed by atoms with van der Waals surface area (Å²) in [5, 5.41) is 13.8. The molecule has 3 N–H and O–H groups in total. The number of pyridine rings is 1. The topological polar surface area (TPSA) is 143 Å². The molecule has 1 aliphatic heterocycles. The van der Waals surface area contributed by atoms with E-state index in [2.05, 4.69) is 15.6 Å². The molecule has 1 aromatic heterocycles. The van der Waals surface area contributed by atoms with E-state index in [1.54, 1.807) is 36.9 Å². The van der Waals surface area contributed by atoms with Crippen molar-refractivity contribution in [3.05, 3.63) is 46.3 Å². The van der Waals surface area contributed by atoms with E-state index in [4.69, 9.17) is 19.6 Å². The minimum atomic E-state index is -0.610. The number of benzene rings is 1. The molecule has 0 fully saturated rings.